The Balaban J connectivity index is 1.77. The number of imidazole rings is 1. The van der Waals surface area contributed by atoms with Crippen molar-refractivity contribution in [1.29, 1.82) is 0 Å². The van der Waals surface area contributed by atoms with Crippen molar-refractivity contribution in [3.8, 4) is 11.3 Å². The molecule has 1 aromatic carbocycles. The number of aromatic nitrogens is 4. The van der Waals surface area contributed by atoms with Crippen LogP contribution in [0.25, 0.3) is 16.9 Å². The third-order valence-corrected chi connectivity index (χ3v) is 4.01. The van der Waals surface area contributed by atoms with E-state index in [-0.39, 0.29) is 17.0 Å². The summed E-state index contributed by atoms with van der Waals surface area (Å²) in [5.41, 5.74) is -0.403. The number of alkyl halides is 3. The highest BCUT2D eigenvalue weighted by Gasteiger charge is 2.33. The fourth-order valence-electron chi connectivity index (χ4n) is 2.74. The molecule has 0 aliphatic heterocycles. The predicted molar refractivity (Wildman–Crippen MR) is 95.6 cm³/mol. The number of carbonyl (C=O) groups is 1. The van der Waals surface area contributed by atoms with Crippen LogP contribution < -0.4 is 5.32 Å². The van der Waals surface area contributed by atoms with Crippen molar-refractivity contribution < 1.29 is 18.0 Å². The lowest BCUT2D eigenvalue weighted by Crippen LogP contribution is -2.16. The van der Waals surface area contributed by atoms with Gasteiger partial charge in [-0.05, 0) is 30.3 Å². The number of fused-ring (bicyclic) bond motifs is 1. The molecular weight excluding hydrogens is 371 g/mol. The monoisotopic (exact) mass is 383 g/mol. The Morgan fingerprint density at radius 2 is 1.75 bits per heavy atom. The first-order chi connectivity index (χ1) is 13.4. The summed E-state index contributed by atoms with van der Waals surface area (Å²) < 4.78 is 41.2. The number of hydrogen-bond donors (Lipinski definition) is 1. The average molecular weight is 383 g/mol. The van der Waals surface area contributed by atoms with Crippen LogP contribution in [0.2, 0.25) is 0 Å². The Labute approximate surface area is 156 Å². The van der Waals surface area contributed by atoms with E-state index in [0.717, 1.165) is 6.07 Å². The minimum absolute atomic E-state index is 0.0744. The van der Waals surface area contributed by atoms with Gasteiger partial charge in [-0.3, -0.25) is 4.79 Å². The molecule has 0 unspecified atom stereocenters. The summed E-state index contributed by atoms with van der Waals surface area (Å²) >= 11 is 0. The minimum atomic E-state index is -4.53. The van der Waals surface area contributed by atoms with Crippen molar-refractivity contribution in [2.45, 2.75) is 6.18 Å². The molecule has 1 N–H and O–H groups in total. The largest absolute Gasteiger partial charge is 0.417 e. The quantitative estimate of drug-likeness (QED) is 0.579. The van der Waals surface area contributed by atoms with Crippen molar-refractivity contribution in [1.82, 2.24) is 19.6 Å². The molecule has 0 saturated carbocycles. The van der Waals surface area contributed by atoms with E-state index < -0.39 is 17.6 Å². The summed E-state index contributed by atoms with van der Waals surface area (Å²) in [6.07, 6.45) is -1.70. The lowest BCUT2D eigenvalue weighted by atomic mass is 10.0. The summed E-state index contributed by atoms with van der Waals surface area (Å²) in [7, 11) is 0. The molecule has 6 nitrogen and oxygen atoms in total. The lowest BCUT2D eigenvalue weighted by molar-refractivity contribution is -0.137. The Morgan fingerprint density at radius 3 is 2.50 bits per heavy atom. The molecule has 0 atom stereocenters. The van der Waals surface area contributed by atoms with Gasteiger partial charge in [0.15, 0.2) is 11.3 Å². The summed E-state index contributed by atoms with van der Waals surface area (Å²) in [5.74, 6) is -0.194. The highest BCUT2D eigenvalue weighted by molar-refractivity contribution is 6.02. The molecule has 3 aromatic heterocycles. The smallest absolute Gasteiger partial charge is 0.305 e. The van der Waals surface area contributed by atoms with Gasteiger partial charge in [-0.1, -0.05) is 24.3 Å². The molecule has 4 rings (SSSR count). The molecule has 0 fully saturated rings. The molecular formula is C19H12F3N5O. The molecule has 9 heteroatoms. The van der Waals surface area contributed by atoms with Gasteiger partial charge in [0.05, 0.1) is 17.5 Å². The molecule has 0 saturated heterocycles. The standard InChI is InChI=1S/C19H12F3N5O/c20-19(21,22)13-6-2-1-5-12(13)14-8-9-17-24-11-15(27(17)26-14)18(28)25-16-7-3-4-10-23-16/h1-11H,(H,23,25,28). The second-order valence-corrected chi connectivity index (χ2v) is 5.84. The second kappa shape index (κ2) is 6.76. The number of rotatable bonds is 3. The maximum absolute atomic E-state index is 13.3. The van der Waals surface area contributed by atoms with Crippen LogP contribution in [0.15, 0.2) is 67.0 Å². The predicted octanol–water partition coefficient (Wildman–Crippen LogP) is 4.06. The van der Waals surface area contributed by atoms with Crippen LogP contribution in [-0.4, -0.2) is 25.5 Å². The number of halogens is 3. The van der Waals surface area contributed by atoms with Gasteiger partial charge in [-0.15, -0.1) is 0 Å². The van der Waals surface area contributed by atoms with Gasteiger partial charge in [0.1, 0.15) is 5.82 Å². The first-order valence-corrected chi connectivity index (χ1v) is 8.17. The zero-order valence-electron chi connectivity index (χ0n) is 14.2. The number of hydrogen-bond acceptors (Lipinski definition) is 4. The maximum Gasteiger partial charge on any atom is 0.417 e. The van der Waals surface area contributed by atoms with Gasteiger partial charge < -0.3 is 5.32 Å². The zero-order valence-corrected chi connectivity index (χ0v) is 14.2. The van der Waals surface area contributed by atoms with Crippen molar-refractivity contribution in [2.75, 3.05) is 5.32 Å². The molecule has 140 valence electrons. The Morgan fingerprint density at radius 1 is 0.964 bits per heavy atom. The summed E-state index contributed by atoms with van der Waals surface area (Å²) in [4.78, 5) is 20.6. The Bertz CT molecular complexity index is 1160. The van der Waals surface area contributed by atoms with Gasteiger partial charge in [0.25, 0.3) is 5.91 Å². The number of benzene rings is 1. The molecule has 0 bridgehead atoms. The third-order valence-electron chi connectivity index (χ3n) is 4.01. The van der Waals surface area contributed by atoms with E-state index in [1.807, 2.05) is 0 Å². The highest BCUT2D eigenvalue weighted by atomic mass is 19.4. The number of carbonyl (C=O) groups excluding carboxylic acids is 1. The van der Waals surface area contributed by atoms with E-state index in [4.69, 9.17) is 0 Å². The first kappa shape index (κ1) is 17.7. The van der Waals surface area contributed by atoms with Crippen LogP contribution in [0.3, 0.4) is 0 Å². The fraction of sp³-hybridized carbons (Fsp3) is 0.0526. The first-order valence-electron chi connectivity index (χ1n) is 8.17. The maximum atomic E-state index is 13.3. The topological polar surface area (TPSA) is 72.2 Å². The van der Waals surface area contributed by atoms with Gasteiger partial charge >= 0.3 is 6.18 Å². The molecule has 0 spiro atoms. The van der Waals surface area contributed by atoms with E-state index in [2.05, 4.69) is 20.4 Å². The van der Waals surface area contributed by atoms with E-state index in [0.29, 0.717) is 11.5 Å². The van der Waals surface area contributed by atoms with Gasteiger partial charge in [0.2, 0.25) is 0 Å². The van der Waals surface area contributed by atoms with E-state index in [1.54, 1.807) is 18.2 Å². The van der Waals surface area contributed by atoms with Crippen LogP contribution in [0, 0.1) is 0 Å². The van der Waals surface area contributed by atoms with Crippen LogP contribution in [0.1, 0.15) is 16.1 Å². The average Bonchev–Trinajstić information content (AvgIpc) is 3.11. The van der Waals surface area contributed by atoms with Gasteiger partial charge in [0, 0.05) is 11.8 Å². The van der Waals surface area contributed by atoms with Crippen LogP contribution >= 0.6 is 0 Å². The molecule has 3 heterocycles. The normalized spacial score (nSPS) is 11.5. The number of pyridine rings is 1. The molecule has 1 amide bonds. The van der Waals surface area contributed by atoms with Gasteiger partial charge in [-0.2, -0.15) is 18.3 Å². The summed E-state index contributed by atoms with van der Waals surface area (Å²) in [6, 6.07) is 13.1. The summed E-state index contributed by atoms with van der Waals surface area (Å²) in [5, 5.41) is 6.82. The SMILES string of the molecule is O=C(Nc1ccccn1)c1cnc2ccc(-c3ccccc3C(F)(F)F)nn12. The Hall–Kier alpha value is -3.75. The van der Waals surface area contributed by atoms with Crippen LogP contribution in [-0.2, 0) is 6.18 Å². The molecule has 4 aromatic rings. The lowest BCUT2D eigenvalue weighted by Gasteiger charge is -2.12. The molecule has 0 radical (unpaired) electrons. The molecule has 0 aliphatic rings. The van der Waals surface area contributed by atoms with Gasteiger partial charge in [-0.25, -0.2) is 14.5 Å². The number of anilines is 1. The van der Waals surface area contributed by atoms with E-state index in [9.17, 15) is 18.0 Å². The zero-order chi connectivity index (χ0) is 19.7. The van der Waals surface area contributed by atoms with Crippen molar-refractivity contribution in [3.05, 3.63) is 78.2 Å². The number of amides is 1. The second-order valence-electron chi connectivity index (χ2n) is 5.84. The molecule has 28 heavy (non-hydrogen) atoms. The third kappa shape index (κ3) is 3.29. The number of nitrogens with one attached hydrogen (secondary N) is 1. The van der Waals surface area contributed by atoms with Crippen LogP contribution in [0.4, 0.5) is 19.0 Å². The van der Waals surface area contributed by atoms with Crippen molar-refractivity contribution >= 4 is 17.4 Å². The van der Waals surface area contributed by atoms with E-state index in [1.165, 1.54) is 47.2 Å². The fourth-order valence-corrected chi connectivity index (χ4v) is 2.74. The minimum Gasteiger partial charge on any atom is -0.305 e. The van der Waals surface area contributed by atoms with E-state index >= 15 is 0 Å². The Kier molecular flexibility index (Phi) is 4.26. The molecule has 0 aliphatic carbocycles. The van der Waals surface area contributed by atoms with Crippen molar-refractivity contribution in [3.63, 3.8) is 0 Å². The number of nitrogens with zero attached hydrogens (tertiary/aromatic N) is 4. The van der Waals surface area contributed by atoms with Crippen molar-refractivity contribution in [2.24, 2.45) is 0 Å². The highest BCUT2D eigenvalue weighted by Crippen LogP contribution is 2.36. The summed E-state index contributed by atoms with van der Waals surface area (Å²) in [6.45, 7) is 0. The van der Waals surface area contributed by atoms with Crippen LogP contribution in [0.5, 0.6) is 0 Å².